The van der Waals surface area contributed by atoms with E-state index >= 15 is 0 Å². The van der Waals surface area contributed by atoms with E-state index in [1.165, 1.54) is 6.42 Å². The van der Waals surface area contributed by atoms with E-state index in [1.807, 2.05) is 36.0 Å². The Morgan fingerprint density at radius 3 is 3.11 bits per heavy atom. The summed E-state index contributed by atoms with van der Waals surface area (Å²) >= 11 is 1.80. The van der Waals surface area contributed by atoms with Gasteiger partial charge in [-0.2, -0.15) is 16.9 Å². The molecule has 1 unspecified atom stereocenters. The first-order valence-electron chi connectivity index (χ1n) is 6.30. The molecule has 0 saturated carbocycles. The molecule has 3 nitrogen and oxygen atoms in total. The van der Waals surface area contributed by atoms with Crippen molar-refractivity contribution in [2.45, 2.75) is 24.5 Å². The Kier molecular flexibility index (Phi) is 3.12. The number of hydrogen-bond donors (Lipinski definition) is 0. The number of carbonyl (C=O) groups is 1. The van der Waals surface area contributed by atoms with E-state index < -0.39 is 0 Å². The first-order valence-corrected chi connectivity index (χ1v) is 7.35. The number of aromatic nitrogens is 2. The Hall–Kier alpha value is -1.29. The molecule has 0 spiro atoms. The summed E-state index contributed by atoms with van der Waals surface area (Å²) in [6, 6.07) is 8.10. The van der Waals surface area contributed by atoms with Crippen LogP contribution in [-0.2, 0) is 18.3 Å². The van der Waals surface area contributed by atoms with Gasteiger partial charge in [-0.15, -0.1) is 0 Å². The normalized spacial score (nSPS) is 19.5. The number of thioether (sulfide) groups is 1. The Labute approximate surface area is 111 Å². The van der Waals surface area contributed by atoms with Crippen LogP contribution >= 0.6 is 11.8 Å². The topological polar surface area (TPSA) is 34.9 Å². The van der Waals surface area contributed by atoms with Gasteiger partial charge in [0, 0.05) is 12.4 Å². The summed E-state index contributed by atoms with van der Waals surface area (Å²) in [7, 11) is 1.93. The second kappa shape index (κ2) is 4.76. The maximum atomic E-state index is 12.2. The number of carbonyl (C=O) groups excluding carboxylic acids is 1. The van der Waals surface area contributed by atoms with Crippen molar-refractivity contribution in [1.29, 1.82) is 0 Å². The van der Waals surface area contributed by atoms with Gasteiger partial charge >= 0.3 is 0 Å². The van der Waals surface area contributed by atoms with Crippen molar-refractivity contribution in [3.05, 3.63) is 30.0 Å². The standard InChI is InChI=1S/C14H16N2OS/c1-16-12-6-3-2-5-10(12)11(15-16)9-13(17)14-7-4-8-18-14/h2-3,5-6,14H,4,7-9H2,1H3. The lowest BCUT2D eigenvalue weighted by Gasteiger charge is -2.05. The van der Waals surface area contributed by atoms with Gasteiger partial charge in [0.25, 0.3) is 0 Å². The minimum absolute atomic E-state index is 0.200. The molecule has 1 aromatic heterocycles. The van der Waals surface area contributed by atoms with Crippen LogP contribution in [0.15, 0.2) is 24.3 Å². The zero-order valence-electron chi connectivity index (χ0n) is 10.4. The Morgan fingerprint density at radius 2 is 2.33 bits per heavy atom. The lowest BCUT2D eigenvalue weighted by molar-refractivity contribution is -0.118. The number of benzene rings is 1. The van der Waals surface area contributed by atoms with Crippen molar-refractivity contribution in [2.75, 3.05) is 5.75 Å². The summed E-state index contributed by atoms with van der Waals surface area (Å²) in [4.78, 5) is 12.2. The summed E-state index contributed by atoms with van der Waals surface area (Å²) in [5, 5.41) is 5.80. The van der Waals surface area contributed by atoms with Crippen LogP contribution in [0.2, 0.25) is 0 Å². The lowest BCUT2D eigenvalue weighted by Crippen LogP contribution is -2.16. The molecule has 2 heterocycles. The molecular formula is C14H16N2OS. The highest BCUT2D eigenvalue weighted by Gasteiger charge is 2.24. The zero-order valence-corrected chi connectivity index (χ0v) is 11.2. The van der Waals surface area contributed by atoms with Gasteiger partial charge in [0.05, 0.1) is 22.9 Å². The molecule has 1 saturated heterocycles. The highest BCUT2D eigenvalue weighted by Crippen LogP contribution is 2.28. The molecule has 3 rings (SSSR count). The SMILES string of the molecule is Cn1nc(CC(=O)C2CCCS2)c2ccccc21. The smallest absolute Gasteiger partial charge is 0.151 e. The van der Waals surface area contributed by atoms with E-state index in [9.17, 15) is 4.79 Å². The Balaban J connectivity index is 1.88. The molecule has 18 heavy (non-hydrogen) atoms. The average molecular weight is 260 g/mol. The summed E-state index contributed by atoms with van der Waals surface area (Å²) in [5.74, 6) is 1.46. The molecule has 0 amide bonds. The molecule has 94 valence electrons. The van der Waals surface area contributed by atoms with E-state index in [4.69, 9.17) is 0 Å². The van der Waals surface area contributed by atoms with Crippen LogP contribution in [0.25, 0.3) is 10.9 Å². The van der Waals surface area contributed by atoms with Gasteiger partial charge < -0.3 is 0 Å². The molecule has 0 N–H and O–H groups in total. The first-order chi connectivity index (χ1) is 8.75. The van der Waals surface area contributed by atoms with Crippen molar-refractivity contribution in [2.24, 2.45) is 7.05 Å². The highest BCUT2D eigenvalue weighted by atomic mass is 32.2. The molecule has 4 heteroatoms. The molecule has 1 aliphatic heterocycles. The van der Waals surface area contributed by atoms with Crippen molar-refractivity contribution in [1.82, 2.24) is 9.78 Å². The van der Waals surface area contributed by atoms with Gasteiger partial charge in [-0.25, -0.2) is 0 Å². The van der Waals surface area contributed by atoms with Crippen LogP contribution in [0.3, 0.4) is 0 Å². The molecular weight excluding hydrogens is 244 g/mol. The van der Waals surface area contributed by atoms with Crippen molar-refractivity contribution >= 4 is 28.4 Å². The van der Waals surface area contributed by atoms with E-state index in [2.05, 4.69) is 5.10 Å². The van der Waals surface area contributed by atoms with Crippen LogP contribution < -0.4 is 0 Å². The first kappa shape index (κ1) is 11.8. The molecule has 2 aromatic rings. The number of hydrogen-bond acceptors (Lipinski definition) is 3. The molecule has 0 bridgehead atoms. The van der Waals surface area contributed by atoms with E-state index in [1.54, 1.807) is 11.8 Å². The maximum absolute atomic E-state index is 12.2. The molecule has 0 radical (unpaired) electrons. The fourth-order valence-electron chi connectivity index (χ4n) is 2.53. The predicted octanol–water partition coefficient (Wildman–Crippen LogP) is 2.58. The number of aryl methyl sites for hydroxylation is 1. The zero-order chi connectivity index (χ0) is 12.5. The predicted molar refractivity (Wildman–Crippen MR) is 74.9 cm³/mol. The van der Waals surface area contributed by atoms with Crippen molar-refractivity contribution in [3.8, 4) is 0 Å². The number of nitrogens with zero attached hydrogens (tertiary/aromatic N) is 2. The number of rotatable bonds is 3. The van der Waals surface area contributed by atoms with Crippen LogP contribution in [-0.4, -0.2) is 26.6 Å². The van der Waals surface area contributed by atoms with Crippen LogP contribution in [0, 0.1) is 0 Å². The Bertz CT molecular complexity index is 584. The summed E-state index contributed by atoms with van der Waals surface area (Å²) in [6.07, 6.45) is 2.68. The van der Waals surface area contributed by atoms with Gasteiger partial charge in [0.15, 0.2) is 5.78 Å². The molecule has 1 aromatic carbocycles. The summed E-state index contributed by atoms with van der Waals surface area (Å²) < 4.78 is 1.86. The van der Waals surface area contributed by atoms with Gasteiger partial charge in [-0.1, -0.05) is 18.2 Å². The van der Waals surface area contributed by atoms with Crippen LogP contribution in [0.5, 0.6) is 0 Å². The largest absolute Gasteiger partial charge is 0.298 e. The maximum Gasteiger partial charge on any atom is 0.151 e. The monoisotopic (exact) mass is 260 g/mol. The quantitative estimate of drug-likeness (QED) is 0.850. The fourth-order valence-corrected chi connectivity index (χ4v) is 3.75. The molecule has 1 aliphatic rings. The summed E-state index contributed by atoms with van der Waals surface area (Å²) in [5.41, 5.74) is 2.02. The second-order valence-electron chi connectivity index (χ2n) is 4.73. The molecule has 1 atom stereocenters. The van der Waals surface area contributed by atoms with E-state index in [0.717, 1.165) is 28.8 Å². The third-order valence-corrected chi connectivity index (χ3v) is 4.89. The van der Waals surface area contributed by atoms with Crippen molar-refractivity contribution in [3.63, 3.8) is 0 Å². The third kappa shape index (κ3) is 2.05. The van der Waals surface area contributed by atoms with Crippen LogP contribution in [0.4, 0.5) is 0 Å². The lowest BCUT2D eigenvalue weighted by atomic mass is 10.1. The second-order valence-corrected chi connectivity index (χ2v) is 6.04. The highest BCUT2D eigenvalue weighted by molar-refractivity contribution is 8.00. The number of para-hydroxylation sites is 1. The minimum atomic E-state index is 0.200. The van der Waals surface area contributed by atoms with Crippen molar-refractivity contribution < 1.29 is 4.79 Å². The van der Waals surface area contributed by atoms with Gasteiger partial charge in [0.2, 0.25) is 0 Å². The summed E-state index contributed by atoms with van der Waals surface area (Å²) in [6.45, 7) is 0. The van der Waals surface area contributed by atoms with Gasteiger partial charge in [0.1, 0.15) is 0 Å². The number of ketones is 1. The molecule has 0 aliphatic carbocycles. The molecule has 1 fully saturated rings. The average Bonchev–Trinajstić information content (AvgIpc) is 3.00. The third-order valence-electron chi connectivity index (χ3n) is 3.46. The van der Waals surface area contributed by atoms with Gasteiger partial charge in [-0.05, 0) is 24.7 Å². The number of fused-ring (bicyclic) bond motifs is 1. The van der Waals surface area contributed by atoms with E-state index in [0.29, 0.717) is 12.2 Å². The Morgan fingerprint density at radius 1 is 1.50 bits per heavy atom. The minimum Gasteiger partial charge on any atom is -0.298 e. The van der Waals surface area contributed by atoms with Gasteiger partial charge in [-0.3, -0.25) is 9.48 Å². The number of Topliss-reactive ketones (excluding diaryl/α,β-unsaturated/α-hetero) is 1. The van der Waals surface area contributed by atoms with E-state index in [-0.39, 0.29) is 5.25 Å². The fraction of sp³-hybridized carbons (Fsp3) is 0.429. The van der Waals surface area contributed by atoms with Crippen LogP contribution in [0.1, 0.15) is 18.5 Å².